The lowest BCUT2D eigenvalue weighted by Crippen LogP contribution is -1.89. The van der Waals surface area contributed by atoms with Gasteiger partial charge in [0.2, 0.25) is 0 Å². The molecule has 3 aromatic rings. The van der Waals surface area contributed by atoms with Crippen LogP contribution >= 0.6 is 22.6 Å². The van der Waals surface area contributed by atoms with Crippen molar-refractivity contribution < 1.29 is 0 Å². The molecular formula is C26H19I. The Labute approximate surface area is 175 Å². The van der Waals surface area contributed by atoms with Crippen molar-refractivity contribution in [2.45, 2.75) is 25.7 Å². The Morgan fingerprint density at radius 2 is 1.26 bits per heavy atom. The maximum atomic E-state index is 3.38. The summed E-state index contributed by atoms with van der Waals surface area (Å²) in [5.41, 5.74) is 6.92. The van der Waals surface area contributed by atoms with Gasteiger partial charge in [-0.2, -0.15) is 0 Å². The van der Waals surface area contributed by atoms with Gasteiger partial charge in [0.05, 0.1) is 0 Å². The van der Waals surface area contributed by atoms with Gasteiger partial charge in [0.25, 0.3) is 0 Å². The summed E-state index contributed by atoms with van der Waals surface area (Å²) in [6, 6.07) is 23.1. The Morgan fingerprint density at radius 3 is 1.93 bits per heavy atom. The Balaban J connectivity index is 1.61. The van der Waals surface area contributed by atoms with E-state index in [1.54, 1.807) is 0 Å². The van der Waals surface area contributed by atoms with Gasteiger partial charge in [-0.3, -0.25) is 0 Å². The molecule has 0 aliphatic heterocycles. The molecule has 0 unspecified atom stereocenters. The second-order valence-corrected chi connectivity index (χ2v) is 8.19. The highest BCUT2D eigenvalue weighted by molar-refractivity contribution is 14.1. The highest BCUT2D eigenvalue weighted by Crippen LogP contribution is 2.41. The number of hydrogen-bond acceptors (Lipinski definition) is 0. The average Bonchev–Trinajstić information content (AvgIpc) is 3.53. The van der Waals surface area contributed by atoms with Gasteiger partial charge in [-0.05, 0) is 108 Å². The molecular weight excluding hydrogens is 439 g/mol. The molecule has 0 spiro atoms. The number of aryl methyl sites for hydroxylation is 1. The summed E-state index contributed by atoms with van der Waals surface area (Å²) >= 11 is 2.31. The first-order chi connectivity index (χ1) is 13.2. The van der Waals surface area contributed by atoms with Crippen molar-refractivity contribution >= 4 is 22.6 Å². The van der Waals surface area contributed by atoms with Crippen LogP contribution in [0.4, 0.5) is 0 Å². The van der Waals surface area contributed by atoms with Gasteiger partial charge >= 0.3 is 0 Å². The van der Waals surface area contributed by atoms with Crippen LogP contribution in [0.1, 0.15) is 52.1 Å². The standard InChI is InChI=1S/C26H19I/c1-19-2-4-20(5-3-19)6-7-22-9-13-23(26(18-22)24-14-15-24)12-8-21-10-16-25(27)17-11-21/h2-5,9-11,13,16-18,24H,14-15H2,1H3. The van der Waals surface area contributed by atoms with Crippen molar-refractivity contribution in [2.24, 2.45) is 0 Å². The van der Waals surface area contributed by atoms with E-state index in [1.165, 1.54) is 27.5 Å². The van der Waals surface area contributed by atoms with Gasteiger partial charge in [0, 0.05) is 25.8 Å². The second kappa shape index (κ2) is 8.03. The number of benzene rings is 3. The summed E-state index contributed by atoms with van der Waals surface area (Å²) in [6.07, 6.45) is 2.51. The van der Waals surface area contributed by atoms with Crippen LogP contribution in [0, 0.1) is 34.2 Å². The first-order valence-electron chi connectivity index (χ1n) is 9.17. The lowest BCUT2D eigenvalue weighted by atomic mass is 10.00. The van der Waals surface area contributed by atoms with E-state index in [9.17, 15) is 0 Å². The molecule has 27 heavy (non-hydrogen) atoms. The molecule has 1 fully saturated rings. The molecule has 1 aliphatic rings. The maximum Gasteiger partial charge on any atom is 0.0284 e. The zero-order valence-electron chi connectivity index (χ0n) is 15.2. The van der Waals surface area contributed by atoms with Crippen molar-refractivity contribution in [2.75, 3.05) is 0 Å². The van der Waals surface area contributed by atoms with Crippen LogP contribution < -0.4 is 0 Å². The predicted octanol–water partition coefficient (Wildman–Crippen LogP) is 6.28. The van der Waals surface area contributed by atoms with E-state index in [2.05, 4.69) is 120 Å². The van der Waals surface area contributed by atoms with Gasteiger partial charge in [0.15, 0.2) is 0 Å². The average molecular weight is 458 g/mol. The van der Waals surface area contributed by atoms with Crippen molar-refractivity contribution in [3.05, 3.63) is 104 Å². The van der Waals surface area contributed by atoms with Gasteiger partial charge in [-0.25, -0.2) is 0 Å². The van der Waals surface area contributed by atoms with Crippen molar-refractivity contribution in [3.63, 3.8) is 0 Å². The Bertz CT molecular complexity index is 1080. The molecule has 0 N–H and O–H groups in total. The maximum absolute atomic E-state index is 3.38. The highest BCUT2D eigenvalue weighted by Gasteiger charge is 2.25. The Morgan fingerprint density at radius 1 is 0.704 bits per heavy atom. The predicted molar refractivity (Wildman–Crippen MR) is 121 cm³/mol. The summed E-state index contributed by atoms with van der Waals surface area (Å²) in [7, 11) is 0. The molecule has 0 bridgehead atoms. The van der Waals surface area contributed by atoms with E-state index in [-0.39, 0.29) is 0 Å². The normalized spacial score (nSPS) is 12.5. The molecule has 1 saturated carbocycles. The van der Waals surface area contributed by atoms with Gasteiger partial charge in [-0.15, -0.1) is 0 Å². The van der Waals surface area contributed by atoms with Crippen LogP contribution in [-0.4, -0.2) is 0 Å². The molecule has 0 amide bonds. The van der Waals surface area contributed by atoms with Gasteiger partial charge < -0.3 is 0 Å². The van der Waals surface area contributed by atoms with E-state index < -0.39 is 0 Å². The zero-order valence-corrected chi connectivity index (χ0v) is 17.4. The molecule has 0 atom stereocenters. The van der Waals surface area contributed by atoms with E-state index in [4.69, 9.17) is 0 Å². The van der Waals surface area contributed by atoms with Crippen molar-refractivity contribution in [1.29, 1.82) is 0 Å². The first kappa shape index (κ1) is 17.9. The molecule has 3 aromatic carbocycles. The summed E-state index contributed by atoms with van der Waals surface area (Å²) in [6.45, 7) is 2.09. The highest BCUT2D eigenvalue weighted by atomic mass is 127. The molecule has 1 aliphatic carbocycles. The minimum atomic E-state index is 0.646. The van der Waals surface area contributed by atoms with Gasteiger partial charge in [0.1, 0.15) is 0 Å². The summed E-state index contributed by atoms with van der Waals surface area (Å²) in [5, 5.41) is 0. The molecule has 0 radical (unpaired) electrons. The number of rotatable bonds is 1. The van der Waals surface area contributed by atoms with Crippen molar-refractivity contribution in [1.82, 2.24) is 0 Å². The summed E-state index contributed by atoms with van der Waals surface area (Å²) in [4.78, 5) is 0. The van der Waals surface area contributed by atoms with E-state index >= 15 is 0 Å². The van der Waals surface area contributed by atoms with E-state index in [0.29, 0.717) is 5.92 Å². The van der Waals surface area contributed by atoms with Crippen LogP contribution in [0.5, 0.6) is 0 Å². The molecule has 130 valence electrons. The smallest absolute Gasteiger partial charge is 0.0284 e. The third kappa shape index (κ3) is 4.82. The Kier molecular flexibility index (Phi) is 5.33. The second-order valence-electron chi connectivity index (χ2n) is 6.95. The Hall–Kier alpha value is -2.49. The topological polar surface area (TPSA) is 0 Å². The lowest BCUT2D eigenvalue weighted by molar-refractivity contribution is 1.12. The fourth-order valence-corrected chi connectivity index (χ4v) is 3.30. The molecule has 1 heteroatoms. The van der Waals surface area contributed by atoms with Crippen LogP contribution in [0.3, 0.4) is 0 Å². The third-order valence-electron chi connectivity index (χ3n) is 4.66. The third-order valence-corrected chi connectivity index (χ3v) is 5.38. The largest absolute Gasteiger partial charge is 0.0617 e. The monoisotopic (exact) mass is 458 g/mol. The fourth-order valence-electron chi connectivity index (χ4n) is 2.94. The minimum Gasteiger partial charge on any atom is -0.0617 e. The molecule has 0 nitrogen and oxygen atoms in total. The SMILES string of the molecule is Cc1ccc(C#Cc2ccc(C#Cc3ccc(I)cc3)c(C3CC3)c2)cc1. The first-order valence-corrected chi connectivity index (χ1v) is 10.3. The molecule has 0 heterocycles. The van der Waals surface area contributed by atoms with Gasteiger partial charge in [-0.1, -0.05) is 41.4 Å². The quantitative estimate of drug-likeness (QED) is 0.298. The van der Waals surface area contributed by atoms with Crippen LogP contribution in [0.15, 0.2) is 66.7 Å². The van der Waals surface area contributed by atoms with Crippen LogP contribution in [0.2, 0.25) is 0 Å². The fraction of sp³-hybridized carbons (Fsp3) is 0.154. The minimum absolute atomic E-state index is 0.646. The van der Waals surface area contributed by atoms with Crippen LogP contribution in [0.25, 0.3) is 0 Å². The zero-order chi connectivity index (χ0) is 18.6. The van der Waals surface area contributed by atoms with Crippen molar-refractivity contribution in [3.8, 4) is 23.7 Å². The van der Waals surface area contributed by atoms with Crippen LogP contribution in [-0.2, 0) is 0 Å². The summed E-state index contributed by atoms with van der Waals surface area (Å²) < 4.78 is 1.23. The number of halogens is 1. The van der Waals surface area contributed by atoms with E-state index in [0.717, 1.165) is 22.3 Å². The molecule has 0 saturated heterocycles. The lowest BCUT2D eigenvalue weighted by Gasteiger charge is -2.03. The molecule has 0 aromatic heterocycles. The van der Waals surface area contributed by atoms with E-state index in [1.807, 2.05) is 0 Å². The molecule has 4 rings (SSSR count). The summed E-state index contributed by atoms with van der Waals surface area (Å²) in [5.74, 6) is 13.9. The number of hydrogen-bond donors (Lipinski definition) is 0.